The highest BCUT2D eigenvalue weighted by Gasteiger charge is 2.40. The number of hydrogen-bond donors (Lipinski definition) is 2. The molecule has 0 saturated carbocycles. The summed E-state index contributed by atoms with van der Waals surface area (Å²) in [4.78, 5) is 24.9. The van der Waals surface area contributed by atoms with Crippen LogP contribution in [0.15, 0.2) is 12.3 Å². The molecule has 110 valence electrons. The van der Waals surface area contributed by atoms with Crippen LogP contribution in [0.2, 0.25) is 5.02 Å². The molecule has 0 spiro atoms. The summed E-state index contributed by atoms with van der Waals surface area (Å²) in [5, 5.41) is 19.2. The van der Waals surface area contributed by atoms with Crippen LogP contribution in [0.4, 0.5) is 0 Å². The molecule has 1 aliphatic rings. The smallest absolute Gasteiger partial charge is 0.326 e. The van der Waals surface area contributed by atoms with E-state index in [-0.39, 0.29) is 13.0 Å². The van der Waals surface area contributed by atoms with Gasteiger partial charge in [0.25, 0.3) is 5.91 Å². The Hall–Kier alpha value is -1.53. The van der Waals surface area contributed by atoms with Crippen molar-refractivity contribution in [1.29, 1.82) is 0 Å². The van der Waals surface area contributed by atoms with E-state index in [2.05, 4.69) is 0 Å². The zero-order valence-corrected chi connectivity index (χ0v) is 11.9. The molecule has 0 radical (unpaired) electrons. The van der Waals surface area contributed by atoms with E-state index in [0.29, 0.717) is 17.3 Å². The number of β-amino-alcohol motifs (C(OH)–C–C–N with tert-alkyl or cyclic N) is 1. The molecule has 2 N–H and O–H groups in total. The Labute approximate surface area is 121 Å². The van der Waals surface area contributed by atoms with E-state index in [1.165, 1.54) is 11.0 Å². The molecule has 1 aromatic rings. The Morgan fingerprint density at radius 2 is 2.20 bits per heavy atom. The van der Waals surface area contributed by atoms with Crippen molar-refractivity contribution in [3.8, 4) is 0 Å². The fraction of sp³-hybridized carbons (Fsp3) is 0.538. The van der Waals surface area contributed by atoms with Crippen LogP contribution in [0.1, 0.15) is 30.3 Å². The minimum atomic E-state index is -1.10. The minimum Gasteiger partial charge on any atom is -0.480 e. The summed E-state index contributed by atoms with van der Waals surface area (Å²) in [7, 11) is 0. The number of rotatable bonds is 4. The summed E-state index contributed by atoms with van der Waals surface area (Å²) in [6, 6.07) is 0.546. The van der Waals surface area contributed by atoms with E-state index in [1.807, 2.05) is 6.92 Å². The first-order valence-corrected chi connectivity index (χ1v) is 6.89. The van der Waals surface area contributed by atoms with Crippen molar-refractivity contribution in [3.63, 3.8) is 0 Å². The largest absolute Gasteiger partial charge is 0.480 e. The van der Waals surface area contributed by atoms with Gasteiger partial charge in [0.05, 0.1) is 11.1 Å². The number of hydrogen-bond acceptors (Lipinski definition) is 3. The molecule has 1 unspecified atom stereocenters. The SMILES string of the molecule is CCCn1cc(Cl)cc1C(=O)N1CC(O)C[C@H]1C(=O)O. The Morgan fingerprint density at radius 1 is 1.50 bits per heavy atom. The number of aliphatic hydroxyl groups excluding tert-OH is 1. The number of aromatic nitrogens is 1. The molecular weight excluding hydrogens is 284 g/mol. The van der Waals surface area contributed by atoms with Crippen LogP contribution in [-0.2, 0) is 11.3 Å². The first-order chi connectivity index (χ1) is 9.43. The number of carbonyl (C=O) groups is 2. The van der Waals surface area contributed by atoms with Gasteiger partial charge in [-0.2, -0.15) is 0 Å². The fourth-order valence-corrected chi connectivity index (χ4v) is 2.72. The maximum atomic E-state index is 12.5. The first-order valence-electron chi connectivity index (χ1n) is 6.51. The summed E-state index contributed by atoms with van der Waals surface area (Å²) in [5.74, 6) is -1.51. The van der Waals surface area contributed by atoms with Crippen molar-refractivity contribution in [2.75, 3.05) is 6.54 Å². The molecule has 1 fully saturated rings. The molecule has 2 heterocycles. The van der Waals surface area contributed by atoms with Crippen LogP contribution in [-0.4, -0.2) is 50.2 Å². The summed E-state index contributed by atoms with van der Waals surface area (Å²) in [6.07, 6.45) is 1.74. The molecule has 1 aliphatic heterocycles. The van der Waals surface area contributed by atoms with Crippen LogP contribution in [0.25, 0.3) is 0 Å². The Bertz CT molecular complexity index is 528. The van der Waals surface area contributed by atoms with E-state index in [9.17, 15) is 14.7 Å². The summed E-state index contributed by atoms with van der Waals surface area (Å²) >= 11 is 5.92. The maximum Gasteiger partial charge on any atom is 0.326 e. The van der Waals surface area contributed by atoms with Gasteiger partial charge in [-0.15, -0.1) is 0 Å². The van der Waals surface area contributed by atoms with Gasteiger partial charge in [-0.3, -0.25) is 4.79 Å². The number of aryl methyl sites for hydroxylation is 1. The average Bonchev–Trinajstić information content (AvgIpc) is 2.92. The second kappa shape index (κ2) is 5.85. The molecule has 1 aromatic heterocycles. The van der Waals surface area contributed by atoms with Crippen LogP contribution in [0.3, 0.4) is 0 Å². The van der Waals surface area contributed by atoms with Crippen molar-refractivity contribution in [1.82, 2.24) is 9.47 Å². The lowest BCUT2D eigenvalue weighted by Gasteiger charge is -2.21. The average molecular weight is 301 g/mol. The van der Waals surface area contributed by atoms with Gasteiger partial charge in [-0.25, -0.2) is 4.79 Å². The molecule has 7 heteroatoms. The lowest BCUT2D eigenvalue weighted by atomic mass is 10.2. The first kappa shape index (κ1) is 14.9. The normalized spacial score (nSPS) is 22.2. The van der Waals surface area contributed by atoms with Crippen molar-refractivity contribution in [2.45, 2.75) is 38.5 Å². The van der Waals surface area contributed by atoms with Gasteiger partial charge < -0.3 is 19.7 Å². The number of nitrogens with zero attached hydrogens (tertiary/aromatic N) is 2. The highest BCUT2D eigenvalue weighted by molar-refractivity contribution is 6.31. The number of carbonyl (C=O) groups excluding carboxylic acids is 1. The molecule has 0 aromatic carbocycles. The second-order valence-electron chi connectivity index (χ2n) is 4.94. The van der Waals surface area contributed by atoms with E-state index in [4.69, 9.17) is 16.7 Å². The van der Waals surface area contributed by atoms with Crippen LogP contribution in [0, 0.1) is 0 Å². The summed E-state index contributed by atoms with van der Waals surface area (Å²) < 4.78 is 1.72. The maximum absolute atomic E-state index is 12.5. The van der Waals surface area contributed by atoms with Crippen LogP contribution in [0.5, 0.6) is 0 Å². The van der Waals surface area contributed by atoms with Gasteiger partial charge in [-0.05, 0) is 12.5 Å². The second-order valence-corrected chi connectivity index (χ2v) is 5.37. The Morgan fingerprint density at radius 3 is 2.80 bits per heavy atom. The van der Waals surface area contributed by atoms with Gasteiger partial charge in [0.2, 0.25) is 0 Å². The number of halogens is 1. The molecule has 6 nitrogen and oxygen atoms in total. The van der Waals surface area contributed by atoms with Gasteiger partial charge in [-0.1, -0.05) is 18.5 Å². The fourth-order valence-electron chi connectivity index (χ4n) is 2.50. The van der Waals surface area contributed by atoms with Crippen molar-refractivity contribution < 1.29 is 19.8 Å². The number of carboxylic acid groups (broad SMARTS) is 1. The molecule has 20 heavy (non-hydrogen) atoms. The standard InChI is InChI=1S/C13H17ClN2O4/c1-2-3-15-6-8(14)4-10(15)12(18)16-7-9(17)5-11(16)13(19)20/h4,6,9,11,17H,2-3,5,7H2,1H3,(H,19,20)/t9?,11-/m0/s1. The van der Waals surface area contributed by atoms with Crippen molar-refractivity contribution in [3.05, 3.63) is 23.0 Å². The summed E-state index contributed by atoms with van der Waals surface area (Å²) in [6.45, 7) is 2.63. The molecule has 0 bridgehead atoms. The van der Waals surface area contributed by atoms with Crippen LogP contribution >= 0.6 is 11.6 Å². The zero-order valence-electron chi connectivity index (χ0n) is 11.1. The monoisotopic (exact) mass is 300 g/mol. The number of aliphatic hydroxyl groups is 1. The lowest BCUT2D eigenvalue weighted by molar-refractivity contribution is -0.141. The van der Waals surface area contributed by atoms with E-state index in [1.54, 1.807) is 10.8 Å². The van der Waals surface area contributed by atoms with Crippen LogP contribution < -0.4 is 0 Å². The third kappa shape index (κ3) is 2.81. The molecular formula is C13H17ClN2O4. The minimum absolute atomic E-state index is 0.0325. The van der Waals surface area contributed by atoms with Gasteiger partial charge in [0, 0.05) is 25.7 Å². The van der Waals surface area contributed by atoms with Crippen molar-refractivity contribution in [2.24, 2.45) is 0 Å². The molecule has 1 saturated heterocycles. The van der Waals surface area contributed by atoms with E-state index in [0.717, 1.165) is 6.42 Å². The van der Waals surface area contributed by atoms with E-state index < -0.39 is 24.0 Å². The number of likely N-dealkylation sites (tertiary alicyclic amines) is 1. The third-order valence-electron chi connectivity index (χ3n) is 3.37. The summed E-state index contributed by atoms with van der Waals surface area (Å²) in [5.41, 5.74) is 0.359. The highest BCUT2D eigenvalue weighted by atomic mass is 35.5. The molecule has 2 atom stereocenters. The number of amides is 1. The third-order valence-corrected chi connectivity index (χ3v) is 3.58. The quantitative estimate of drug-likeness (QED) is 0.875. The topological polar surface area (TPSA) is 82.8 Å². The Balaban J connectivity index is 2.28. The van der Waals surface area contributed by atoms with Crippen molar-refractivity contribution >= 4 is 23.5 Å². The molecule has 0 aliphatic carbocycles. The van der Waals surface area contributed by atoms with E-state index >= 15 is 0 Å². The number of aliphatic carboxylic acids is 1. The van der Waals surface area contributed by atoms with Gasteiger partial charge >= 0.3 is 5.97 Å². The zero-order chi connectivity index (χ0) is 14.9. The van der Waals surface area contributed by atoms with Gasteiger partial charge in [0.15, 0.2) is 0 Å². The van der Waals surface area contributed by atoms with Gasteiger partial charge in [0.1, 0.15) is 11.7 Å². The predicted octanol–water partition coefficient (Wildman–Crippen LogP) is 1.21. The highest BCUT2D eigenvalue weighted by Crippen LogP contribution is 2.23. The lowest BCUT2D eigenvalue weighted by Crippen LogP contribution is -2.41. The Kier molecular flexibility index (Phi) is 4.35. The number of carboxylic acids is 1. The molecule has 1 amide bonds. The molecule has 2 rings (SSSR count). The predicted molar refractivity (Wildman–Crippen MR) is 72.8 cm³/mol.